The Kier molecular flexibility index (Phi) is 5.19. The van der Waals surface area contributed by atoms with E-state index in [4.69, 9.17) is 0 Å². The van der Waals surface area contributed by atoms with Crippen LogP contribution in [0.15, 0.2) is 48.7 Å². The van der Waals surface area contributed by atoms with Crippen LogP contribution in [-0.2, 0) is 4.79 Å². The molecule has 0 radical (unpaired) electrons. The van der Waals surface area contributed by atoms with Crippen molar-refractivity contribution in [2.24, 2.45) is 0 Å². The van der Waals surface area contributed by atoms with E-state index in [-0.39, 0.29) is 18.2 Å². The van der Waals surface area contributed by atoms with Gasteiger partial charge in [-0.2, -0.15) is 13.2 Å². The molecule has 0 bridgehead atoms. The van der Waals surface area contributed by atoms with Crippen LogP contribution in [0.4, 0.5) is 17.6 Å². The lowest BCUT2D eigenvalue weighted by Gasteiger charge is -2.22. The number of carbonyl (C=O) groups is 1. The molecule has 1 aromatic heterocycles. The van der Waals surface area contributed by atoms with Crippen molar-refractivity contribution in [3.63, 3.8) is 0 Å². The van der Waals surface area contributed by atoms with Crippen molar-refractivity contribution in [1.29, 1.82) is 0 Å². The number of hydrogen-bond donors (Lipinski definition) is 3. The molecule has 0 aliphatic carbocycles. The molecule has 5 nitrogen and oxygen atoms in total. The van der Waals surface area contributed by atoms with E-state index in [2.05, 4.69) is 15.8 Å². The number of nitrogens with one attached hydrogen (secondary N) is 3. The van der Waals surface area contributed by atoms with Crippen LogP contribution < -0.4 is 16.2 Å². The van der Waals surface area contributed by atoms with Gasteiger partial charge in [-0.15, -0.1) is 0 Å². The maximum Gasteiger partial charge on any atom is 0.414 e. The molecule has 26 heavy (non-hydrogen) atoms. The molecule has 0 spiro atoms. The first-order valence-corrected chi connectivity index (χ1v) is 7.89. The maximum absolute atomic E-state index is 13.3. The van der Waals surface area contributed by atoms with E-state index in [1.165, 1.54) is 36.5 Å². The van der Waals surface area contributed by atoms with Gasteiger partial charge in [0.2, 0.25) is 5.91 Å². The van der Waals surface area contributed by atoms with Crippen LogP contribution in [0.25, 0.3) is 0 Å². The largest absolute Gasteiger partial charge is 0.414 e. The van der Waals surface area contributed by atoms with Crippen molar-refractivity contribution < 1.29 is 22.4 Å². The summed E-state index contributed by atoms with van der Waals surface area (Å²) in [5, 5.41) is 2.01. The summed E-state index contributed by atoms with van der Waals surface area (Å²) in [4.78, 5) is 16.0. The highest BCUT2D eigenvalue weighted by atomic mass is 19.4. The van der Waals surface area contributed by atoms with Crippen molar-refractivity contribution in [3.8, 4) is 0 Å². The molecule has 3 atom stereocenters. The lowest BCUT2D eigenvalue weighted by atomic mass is 10.0. The Hall–Kier alpha value is -2.52. The van der Waals surface area contributed by atoms with Crippen LogP contribution >= 0.6 is 0 Å². The summed E-state index contributed by atoms with van der Waals surface area (Å²) in [6, 6.07) is 6.44. The summed E-state index contributed by atoms with van der Waals surface area (Å²) in [5.41, 5.74) is 5.97. The summed E-state index contributed by atoms with van der Waals surface area (Å²) < 4.78 is 52.9. The van der Waals surface area contributed by atoms with Gasteiger partial charge in [0, 0.05) is 12.2 Å². The lowest BCUT2D eigenvalue weighted by Crippen LogP contribution is -2.47. The van der Waals surface area contributed by atoms with E-state index in [9.17, 15) is 22.4 Å². The fourth-order valence-electron chi connectivity index (χ4n) is 2.75. The fraction of sp³-hybridized carbons (Fsp3) is 0.294. The van der Waals surface area contributed by atoms with Crippen molar-refractivity contribution in [2.45, 2.75) is 30.7 Å². The van der Waals surface area contributed by atoms with Gasteiger partial charge < -0.3 is 5.32 Å². The van der Waals surface area contributed by atoms with Gasteiger partial charge in [0.1, 0.15) is 11.9 Å². The minimum absolute atomic E-state index is 0.226. The van der Waals surface area contributed by atoms with E-state index < -0.39 is 30.0 Å². The Labute approximate surface area is 146 Å². The smallest absolute Gasteiger partial charge is 0.338 e. The van der Waals surface area contributed by atoms with Gasteiger partial charge in [-0.1, -0.05) is 18.2 Å². The van der Waals surface area contributed by atoms with Gasteiger partial charge in [0.15, 0.2) is 6.04 Å². The summed E-state index contributed by atoms with van der Waals surface area (Å²) in [7, 11) is 0. The molecule has 1 aromatic carbocycles. The quantitative estimate of drug-likeness (QED) is 0.726. The molecule has 2 aromatic rings. The van der Waals surface area contributed by atoms with Crippen LogP contribution in [0.2, 0.25) is 0 Å². The minimum Gasteiger partial charge on any atom is -0.338 e. The highest BCUT2D eigenvalue weighted by Crippen LogP contribution is 2.32. The zero-order chi connectivity index (χ0) is 18.7. The maximum atomic E-state index is 13.3. The minimum atomic E-state index is -4.67. The van der Waals surface area contributed by atoms with Crippen LogP contribution in [0, 0.1) is 5.82 Å². The SMILES string of the molecule is O=C(NC(c1ccccn1)C(F)(F)F)C1CC(c2ccc(F)cc2)NN1. The van der Waals surface area contributed by atoms with Gasteiger partial charge in [0.25, 0.3) is 0 Å². The number of halogens is 4. The van der Waals surface area contributed by atoms with Gasteiger partial charge in [-0.05, 0) is 36.2 Å². The van der Waals surface area contributed by atoms with Crippen LogP contribution in [0.1, 0.15) is 29.8 Å². The Morgan fingerprint density at radius 1 is 1.15 bits per heavy atom. The molecule has 3 N–H and O–H groups in total. The number of aromatic nitrogens is 1. The van der Waals surface area contributed by atoms with E-state index in [0.29, 0.717) is 0 Å². The number of hydrogen-bond acceptors (Lipinski definition) is 4. The zero-order valence-corrected chi connectivity index (χ0v) is 13.4. The first kappa shape index (κ1) is 18.3. The Bertz CT molecular complexity index is 752. The topological polar surface area (TPSA) is 66.0 Å². The van der Waals surface area contributed by atoms with E-state index >= 15 is 0 Å². The molecule has 9 heteroatoms. The molecule has 1 fully saturated rings. The number of hydrazine groups is 1. The highest BCUT2D eigenvalue weighted by Gasteiger charge is 2.44. The lowest BCUT2D eigenvalue weighted by molar-refractivity contribution is -0.164. The average Bonchev–Trinajstić information content (AvgIpc) is 3.10. The average molecular weight is 368 g/mol. The first-order valence-electron chi connectivity index (χ1n) is 7.89. The molecule has 3 unspecified atom stereocenters. The first-order chi connectivity index (χ1) is 12.3. The second kappa shape index (κ2) is 7.38. The third-order valence-electron chi connectivity index (χ3n) is 4.09. The van der Waals surface area contributed by atoms with E-state index in [0.717, 1.165) is 5.56 Å². The highest BCUT2D eigenvalue weighted by molar-refractivity contribution is 5.82. The van der Waals surface area contributed by atoms with Crippen LogP contribution in [-0.4, -0.2) is 23.1 Å². The summed E-state index contributed by atoms with van der Waals surface area (Å²) in [6.45, 7) is 0. The predicted molar refractivity (Wildman–Crippen MR) is 85.0 cm³/mol. The summed E-state index contributed by atoms with van der Waals surface area (Å²) in [5.74, 6) is -1.19. The zero-order valence-electron chi connectivity index (χ0n) is 13.4. The monoisotopic (exact) mass is 368 g/mol. The van der Waals surface area contributed by atoms with E-state index in [1.54, 1.807) is 12.1 Å². The Morgan fingerprint density at radius 3 is 2.50 bits per heavy atom. The summed E-state index contributed by atoms with van der Waals surface area (Å²) in [6.07, 6.45) is -3.21. The molecule has 1 saturated heterocycles. The second-order valence-electron chi connectivity index (χ2n) is 5.92. The number of alkyl halides is 3. The number of nitrogens with zero attached hydrogens (tertiary/aromatic N) is 1. The summed E-state index contributed by atoms with van der Waals surface area (Å²) >= 11 is 0. The molecule has 1 aliphatic rings. The van der Waals surface area contributed by atoms with Gasteiger partial charge in [-0.3, -0.25) is 9.78 Å². The van der Waals surface area contributed by atoms with Crippen molar-refractivity contribution in [2.75, 3.05) is 0 Å². The normalized spacial score (nSPS) is 21.4. The van der Waals surface area contributed by atoms with Crippen LogP contribution in [0.5, 0.6) is 0 Å². The van der Waals surface area contributed by atoms with E-state index in [1.807, 2.05) is 5.32 Å². The van der Waals surface area contributed by atoms with Crippen molar-refractivity contribution in [1.82, 2.24) is 21.2 Å². The molecule has 0 saturated carbocycles. The Balaban J connectivity index is 1.68. The van der Waals surface area contributed by atoms with Gasteiger partial charge >= 0.3 is 6.18 Å². The number of rotatable bonds is 4. The molecule has 3 rings (SSSR count). The standard InChI is InChI=1S/C17H16F4N4O/c18-11-6-4-10(5-7-11)13-9-14(25-24-13)16(26)23-15(17(19,20)21)12-3-1-2-8-22-12/h1-8,13-15,24-25H,9H2,(H,23,26). The number of amides is 1. The third-order valence-corrected chi connectivity index (χ3v) is 4.09. The van der Waals surface area contributed by atoms with Gasteiger partial charge in [-0.25, -0.2) is 15.2 Å². The third kappa shape index (κ3) is 4.17. The van der Waals surface area contributed by atoms with Gasteiger partial charge in [0.05, 0.1) is 5.69 Å². The molecule has 1 amide bonds. The van der Waals surface area contributed by atoms with Crippen LogP contribution in [0.3, 0.4) is 0 Å². The fourth-order valence-corrected chi connectivity index (χ4v) is 2.75. The number of pyridine rings is 1. The number of carbonyl (C=O) groups excluding carboxylic acids is 1. The molecule has 138 valence electrons. The van der Waals surface area contributed by atoms with Crippen molar-refractivity contribution in [3.05, 3.63) is 65.7 Å². The molecular weight excluding hydrogens is 352 g/mol. The second-order valence-corrected chi connectivity index (χ2v) is 5.92. The number of benzene rings is 1. The van der Waals surface area contributed by atoms with Crippen molar-refractivity contribution >= 4 is 5.91 Å². The molecule has 1 aliphatic heterocycles. The predicted octanol–water partition coefficient (Wildman–Crippen LogP) is 2.55. The molecular formula is C17H16F4N4O. The molecule has 2 heterocycles. The Morgan fingerprint density at radius 2 is 1.88 bits per heavy atom.